The lowest BCUT2D eigenvalue weighted by Crippen LogP contribution is -2.01. The number of carboxylic acid groups (broad SMARTS) is 1. The van der Waals surface area contributed by atoms with Crippen molar-refractivity contribution in [1.29, 1.82) is 0 Å². The molecule has 1 N–H and O–H groups in total. The molecule has 0 aliphatic heterocycles. The highest BCUT2D eigenvalue weighted by atomic mass is 32.2. The molecule has 0 bridgehead atoms. The Morgan fingerprint density at radius 2 is 2.38 bits per heavy atom. The second-order valence-electron chi connectivity index (χ2n) is 2.97. The summed E-state index contributed by atoms with van der Waals surface area (Å²) in [4.78, 5) is 18.6. The van der Waals surface area contributed by atoms with Crippen molar-refractivity contribution >= 4 is 17.7 Å². The summed E-state index contributed by atoms with van der Waals surface area (Å²) in [5, 5.41) is 9.25. The molecule has 0 fully saturated rings. The van der Waals surface area contributed by atoms with E-state index in [1.165, 1.54) is 11.8 Å². The molecule has 2 rings (SSSR count). The molecule has 82 valence electrons. The zero-order chi connectivity index (χ0) is 11.4. The smallest absolute Gasteiger partial charge is 0.313 e. The van der Waals surface area contributed by atoms with Gasteiger partial charge >= 0.3 is 5.97 Å². The molecule has 0 spiro atoms. The molecular weight excluding hydrogens is 226 g/mol. The third-order valence-electron chi connectivity index (χ3n) is 1.86. The van der Waals surface area contributed by atoms with Gasteiger partial charge in [0.25, 0.3) is 0 Å². The van der Waals surface area contributed by atoms with Crippen LogP contribution in [0.25, 0.3) is 5.69 Å². The van der Waals surface area contributed by atoms with Gasteiger partial charge in [0, 0.05) is 18.6 Å². The lowest BCUT2D eigenvalue weighted by Gasteiger charge is -2.05. The molecule has 2 heterocycles. The molecule has 0 radical (unpaired) electrons. The average molecular weight is 235 g/mol. The van der Waals surface area contributed by atoms with E-state index in [9.17, 15) is 4.79 Å². The first-order valence-electron chi connectivity index (χ1n) is 4.56. The minimum Gasteiger partial charge on any atom is -0.481 e. The van der Waals surface area contributed by atoms with Crippen LogP contribution in [-0.4, -0.2) is 31.4 Å². The van der Waals surface area contributed by atoms with E-state index in [2.05, 4.69) is 9.97 Å². The van der Waals surface area contributed by atoms with Crippen LogP contribution >= 0.6 is 11.8 Å². The molecule has 2 aromatic heterocycles. The van der Waals surface area contributed by atoms with Crippen molar-refractivity contribution in [1.82, 2.24) is 14.5 Å². The Hall–Kier alpha value is -1.82. The number of aliphatic carboxylic acids is 1. The average Bonchev–Trinajstić information content (AvgIpc) is 2.75. The van der Waals surface area contributed by atoms with Crippen molar-refractivity contribution in [2.75, 3.05) is 5.75 Å². The van der Waals surface area contributed by atoms with Crippen LogP contribution in [0, 0.1) is 0 Å². The normalized spacial score (nSPS) is 10.2. The molecule has 0 saturated heterocycles. The van der Waals surface area contributed by atoms with Gasteiger partial charge in [0.15, 0.2) is 5.16 Å². The molecule has 0 aliphatic carbocycles. The largest absolute Gasteiger partial charge is 0.481 e. The number of nitrogens with zero attached hydrogens (tertiary/aromatic N) is 3. The van der Waals surface area contributed by atoms with E-state index in [0.29, 0.717) is 5.16 Å². The topological polar surface area (TPSA) is 68.0 Å². The van der Waals surface area contributed by atoms with E-state index in [1.807, 2.05) is 12.1 Å². The number of carbonyl (C=O) groups is 1. The first kappa shape index (κ1) is 10.7. The van der Waals surface area contributed by atoms with Gasteiger partial charge < -0.3 is 5.11 Å². The molecule has 0 atom stereocenters. The standard InChI is InChI=1S/C10H9N3O2S/c14-9(15)7-16-10-12-4-5-13(10)8-2-1-3-11-6-8/h1-6H,7H2,(H,14,15). The molecule has 0 aromatic carbocycles. The molecule has 0 saturated carbocycles. The summed E-state index contributed by atoms with van der Waals surface area (Å²) < 4.78 is 1.81. The van der Waals surface area contributed by atoms with Gasteiger partial charge in [-0.05, 0) is 12.1 Å². The van der Waals surface area contributed by atoms with Gasteiger partial charge in [-0.1, -0.05) is 11.8 Å². The van der Waals surface area contributed by atoms with Crippen LogP contribution in [0.5, 0.6) is 0 Å². The van der Waals surface area contributed by atoms with Crippen LogP contribution in [0.15, 0.2) is 42.1 Å². The second kappa shape index (κ2) is 4.80. The third-order valence-corrected chi connectivity index (χ3v) is 2.81. The van der Waals surface area contributed by atoms with Gasteiger partial charge in [-0.2, -0.15) is 0 Å². The van der Waals surface area contributed by atoms with Crippen molar-refractivity contribution in [3.63, 3.8) is 0 Å². The fourth-order valence-electron chi connectivity index (χ4n) is 1.22. The van der Waals surface area contributed by atoms with E-state index in [4.69, 9.17) is 5.11 Å². The van der Waals surface area contributed by atoms with Crippen LogP contribution in [0.1, 0.15) is 0 Å². The zero-order valence-corrected chi connectivity index (χ0v) is 9.09. The lowest BCUT2D eigenvalue weighted by molar-refractivity contribution is -0.133. The summed E-state index contributed by atoms with van der Waals surface area (Å²) in [6.45, 7) is 0. The Labute approximate surface area is 96.2 Å². The number of hydrogen-bond acceptors (Lipinski definition) is 4. The van der Waals surface area contributed by atoms with Gasteiger partial charge in [0.1, 0.15) is 0 Å². The number of hydrogen-bond donors (Lipinski definition) is 1. The lowest BCUT2D eigenvalue weighted by atomic mass is 10.4. The van der Waals surface area contributed by atoms with Gasteiger partial charge in [0.05, 0.1) is 17.6 Å². The van der Waals surface area contributed by atoms with E-state index in [-0.39, 0.29) is 5.75 Å². The van der Waals surface area contributed by atoms with Crippen LogP contribution in [0.3, 0.4) is 0 Å². The van der Waals surface area contributed by atoms with Gasteiger partial charge in [-0.3, -0.25) is 14.3 Å². The highest BCUT2D eigenvalue weighted by Crippen LogP contribution is 2.19. The SMILES string of the molecule is O=C(O)CSc1nccn1-c1cccnc1. The van der Waals surface area contributed by atoms with E-state index >= 15 is 0 Å². The van der Waals surface area contributed by atoms with Crippen LogP contribution in [0.4, 0.5) is 0 Å². The van der Waals surface area contributed by atoms with Crippen molar-refractivity contribution in [2.24, 2.45) is 0 Å². The number of pyridine rings is 1. The molecule has 0 aliphatic rings. The first-order chi connectivity index (χ1) is 7.77. The molecular formula is C10H9N3O2S. The minimum atomic E-state index is -0.856. The van der Waals surface area contributed by atoms with Crippen molar-refractivity contribution < 1.29 is 9.90 Å². The summed E-state index contributed by atoms with van der Waals surface area (Å²) in [6, 6.07) is 3.71. The molecule has 16 heavy (non-hydrogen) atoms. The maximum Gasteiger partial charge on any atom is 0.313 e. The molecule has 6 heteroatoms. The summed E-state index contributed by atoms with van der Waals surface area (Å²) in [5.41, 5.74) is 0.868. The van der Waals surface area contributed by atoms with Crippen LogP contribution in [-0.2, 0) is 4.79 Å². The van der Waals surface area contributed by atoms with Gasteiger partial charge in [0.2, 0.25) is 0 Å². The summed E-state index contributed by atoms with van der Waals surface area (Å²) in [6.07, 6.45) is 6.80. The fraction of sp³-hybridized carbons (Fsp3) is 0.100. The second-order valence-corrected chi connectivity index (χ2v) is 3.92. The maximum atomic E-state index is 10.5. The Kier molecular flexibility index (Phi) is 3.21. The van der Waals surface area contributed by atoms with Crippen molar-refractivity contribution in [2.45, 2.75) is 5.16 Å². The quantitative estimate of drug-likeness (QED) is 0.812. The molecule has 2 aromatic rings. The number of aromatic nitrogens is 3. The Morgan fingerprint density at radius 1 is 1.50 bits per heavy atom. The fourth-order valence-corrected chi connectivity index (χ4v) is 1.91. The maximum absolute atomic E-state index is 10.5. The monoisotopic (exact) mass is 235 g/mol. The molecule has 0 amide bonds. The minimum absolute atomic E-state index is 0.00270. The predicted molar refractivity (Wildman–Crippen MR) is 59.7 cm³/mol. The summed E-state index contributed by atoms with van der Waals surface area (Å²) in [5.74, 6) is -0.859. The number of carboxylic acids is 1. The number of thioether (sulfide) groups is 1. The van der Waals surface area contributed by atoms with Gasteiger partial charge in [-0.15, -0.1) is 0 Å². The van der Waals surface area contributed by atoms with Crippen molar-refractivity contribution in [3.05, 3.63) is 36.9 Å². The summed E-state index contributed by atoms with van der Waals surface area (Å²) >= 11 is 1.18. The first-order valence-corrected chi connectivity index (χ1v) is 5.54. The number of rotatable bonds is 4. The summed E-state index contributed by atoms with van der Waals surface area (Å²) in [7, 11) is 0. The Balaban J connectivity index is 2.23. The highest BCUT2D eigenvalue weighted by molar-refractivity contribution is 7.99. The Bertz CT molecular complexity index is 484. The Morgan fingerprint density at radius 3 is 3.06 bits per heavy atom. The zero-order valence-electron chi connectivity index (χ0n) is 8.28. The van der Waals surface area contributed by atoms with E-state index in [1.54, 1.807) is 29.4 Å². The van der Waals surface area contributed by atoms with Crippen molar-refractivity contribution in [3.8, 4) is 5.69 Å². The van der Waals surface area contributed by atoms with E-state index < -0.39 is 5.97 Å². The highest BCUT2D eigenvalue weighted by Gasteiger charge is 2.07. The molecule has 0 unspecified atom stereocenters. The van der Waals surface area contributed by atoms with Gasteiger partial charge in [-0.25, -0.2) is 4.98 Å². The predicted octanol–water partition coefficient (Wildman–Crippen LogP) is 1.44. The third kappa shape index (κ3) is 2.40. The van der Waals surface area contributed by atoms with E-state index in [0.717, 1.165) is 5.69 Å². The molecule has 5 nitrogen and oxygen atoms in total. The van der Waals surface area contributed by atoms with Crippen LogP contribution in [0.2, 0.25) is 0 Å². The number of imidazole rings is 1. The van der Waals surface area contributed by atoms with Crippen LogP contribution < -0.4 is 0 Å².